The van der Waals surface area contributed by atoms with Crippen LogP contribution in [-0.2, 0) is 69.3 Å². The predicted octanol–water partition coefficient (Wildman–Crippen LogP) is 16.0. The first-order chi connectivity index (χ1) is 61.0. The van der Waals surface area contributed by atoms with Gasteiger partial charge in [0, 0.05) is 42.3 Å². The second-order valence-corrected chi connectivity index (χ2v) is 37.7. The molecule has 0 aliphatic rings. The molecule has 0 aliphatic carbocycles. The van der Waals surface area contributed by atoms with E-state index in [1.54, 1.807) is 149 Å². The molecule has 0 unspecified atom stereocenters. The van der Waals surface area contributed by atoms with Crippen LogP contribution in [0.25, 0.3) is 58.8 Å². The number of aryl methyl sites for hydroxylation is 5. The smallest absolute Gasteiger partial charge is 1.00 e. The van der Waals surface area contributed by atoms with E-state index in [1.807, 2.05) is 84.9 Å². The number of hydrogen-bond acceptors (Lipinski definition) is 30. The number of ether oxygens (including phenoxy) is 9. The van der Waals surface area contributed by atoms with Crippen LogP contribution in [0.3, 0.4) is 0 Å². The van der Waals surface area contributed by atoms with Gasteiger partial charge in [-0.2, -0.15) is 35.7 Å². The SMILES string of the molecule is C=C.COC(=O)/C(C(C)=N)=C(/O)c1ccc(OC)cc1.COC(=O)c1c(C)noc1-c1ccc(OC)cc1.COC(=O)c1c(C)nsc1-c1ccc(OC)cc1.COc1ccc(-c2snc(C)c2C(=O)Cl)cc1.COc1ccc(-c2snc(C)c2C(=O)O)cc1.COc1ccc(-c2snc(C)c2C(=O)c2ccc(F)cc2)cc1.Fc1cc[c-]cc1.S=PP=S=S=S=S.[Br-].[K+].[Mg+2].[OH-]. The third-order valence-electron chi connectivity index (χ3n) is 16.8. The fourth-order valence-corrected chi connectivity index (χ4v) is 24.0. The topological polar surface area (TPSA) is 357 Å². The summed E-state index contributed by atoms with van der Waals surface area (Å²) < 4.78 is 91.4. The van der Waals surface area contributed by atoms with Crippen molar-refractivity contribution in [3.8, 4) is 87.6 Å². The number of methoxy groups -OCH3 is 9. The number of esters is 3. The van der Waals surface area contributed by atoms with E-state index >= 15 is 0 Å². The van der Waals surface area contributed by atoms with Gasteiger partial charge in [0.05, 0.1) is 123 Å². The number of nitrogens with zero attached hydrogens (tertiary/aromatic N) is 5. The van der Waals surface area contributed by atoms with Gasteiger partial charge >= 0.3 is 98.3 Å². The predicted molar refractivity (Wildman–Crippen MR) is 521 cm³/mol. The molecule has 0 saturated carbocycles. The number of hydrogen-bond donors (Lipinski definition) is 3. The molecule has 25 nitrogen and oxygen atoms in total. The number of halogens is 4. The van der Waals surface area contributed by atoms with Crippen LogP contribution >= 0.6 is 71.8 Å². The molecule has 42 heteroatoms. The molecular weight excluding hydrogens is 2020 g/mol. The largest absolute Gasteiger partial charge is 2.00 e. The molecule has 0 saturated heterocycles. The summed E-state index contributed by atoms with van der Waals surface area (Å²) in [6.07, 6.45) is 0. The van der Waals surface area contributed by atoms with Gasteiger partial charge in [-0.15, -0.1) is 25.3 Å². The van der Waals surface area contributed by atoms with Crippen molar-refractivity contribution in [2.75, 3.05) is 64.0 Å². The van der Waals surface area contributed by atoms with Gasteiger partial charge < -0.3 is 85.2 Å². The zero-order valence-corrected chi connectivity index (χ0v) is 89.3. The van der Waals surface area contributed by atoms with Crippen LogP contribution in [-0.4, -0.2) is 166 Å². The van der Waals surface area contributed by atoms with Crippen molar-refractivity contribution >= 4 is 192 Å². The number of benzene rings is 8. The molecule has 0 aliphatic heterocycles. The summed E-state index contributed by atoms with van der Waals surface area (Å²) in [4.78, 5) is 73.3. The van der Waals surface area contributed by atoms with Crippen molar-refractivity contribution in [1.82, 2.24) is 22.7 Å². The Morgan fingerprint density at radius 2 is 0.802 bits per heavy atom. The van der Waals surface area contributed by atoms with E-state index in [-0.39, 0.29) is 143 Å². The monoisotopic (exact) mass is 2110 g/mol. The Morgan fingerprint density at radius 3 is 1.13 bits per heavy atom. The van der Waals surface area contributed by atoms with Gasteiger partial charge in [0.1, 0.15) is 68.3 Å². The number of aromatic nitrogens is 5. The maximum absolute atomic E-state index is 13.1. The number of aromatic carboxylic acids is 1. The average molecular weight is 2110 g/mol. The van der Waals surface area contributed by atoms with Crippen LogP contribution < -0.4 is 96.8 Å². The summed E-state index contributed by atoms with van der Waals surface area (Å²) >= 11 is 19.8. The average Bonchev–Trinajstić information content (AvgIpc) is 1.66. The van der Waals surface area contributed by atoms with Gasteiger partial charge in [-0.3, -0.25) is 9.59 Å². The number of rotatable bonds is 21. The molecule has 4 N–H and O–H groups in total. The number of ketones is 1. The van der Waals surface area contributed by atoms with E-state index in [1.165, 1.54) is 146 Å². The number of carbonyl (C=O) groups excluding carboxylic acids is 5. The summed E-state index contributed by atoms with van der Waals surface area (Å²) in [5.74, 6) is 1.32. The van der Waals surface area contributed by atoms with E-state index in [2.05, 4.69) is 69.6 Å². The van der Waals surface area contributed by atoms with Gasteiger partial charge in [0.25, 0.3) is 5.24 Å². The van der Waals surface area contributed by atoms with Crippen molar-refractivity contribution in [1.29, 1.82) is 5.41 Å². The maximum atomic E-state index is 13.1. The standard InChI is InChI=1S/C18H14FNO2S.C13H13NO4.C13H15NO4.C13H13NO3S.C12H10ClNO2S.C12H11NO3S.C6H4F.C2H4.BrH.K.Mg.H2O.P2S5/c1-11-16(17(21)12-3-7-14(19)8-4-12)18(23-20-11)13-5-9-15(22-2)10-6-13;1-8-11(13(15)17-3)12(18-14-8)9-4-6-10(16-2)7-5-9;1-8(14)11(13(16)18-3)12(15)9-4-6-10(17-2)7-5-9;1-8-11(13(15)17-3)12(18-14-8)9-4-6-10(16-2)7-5-9;1-7-10(12(13)15)11(17-14-7)8-3-5-9(16-2)6-4-8;1-7-10(12(14)15)11(17-13-7)8-3-5-9(16-2)6-4-8;7-6-4-2-1-3-5-6;1-2;;;;;3-1-2-5-7-6-4/h3-10H,1-2H3;4-7H,1-3H3;4-7,14-15H,1-3H3;4-7H,1-3H3;3-6H,1-2H3;3-6H,1-2H3,(H,14,15);2-5H;1-2H2;1H;;;1H2;/q;;;;;;-1;;;+1;+2;;/p-2/b;;12-11+,14-8?;;;;;;;;;;. The minimum atomic E-state index is -0.943. The fraction of sp³-hybridized carbons (Fsp3) is 0.169. The number of aliphatic hydroxyl groups is 1. The number of carbonyl (C=O) groups is 6. The minimum Gasteiger partial charge on any atom is -1.00 e. The first-order valence-corrected chi connectivity index (χ1v) is 48.4. The van der Waals surface area contributed by atoms with Crippen LogP contribution in [0.2, 0.25) is 0 Å². The Bertz CT molecular complexity index is 5830. The zero-order chi connectivity index (χ0) is 93.8. The molecule has 0 bridgehead atoms. The summed E-state index contributed by atoms with van der Waals surface area (Å²) in [5.41, 5.74) is 10.3. The Labute approximate surface area is 869 Å². The fourth-order valence-electron chi connectivity index (χ4n) is 10.6. The van der Waals surface area contributed by atoms with Crippen molar-refractivity contribution < 1.29 is 169 Å². The van der Waals surface area contributed by atoms with Crippen LogP contribution in [0.5, 0.6) is 34.5 Å². The molecule has 5 aromatic heterocycles. The Hall–Kier alpha value is -8.85. The van der Waals surface area contributed by atoms with Crippen molar-refractivity contribution in [3.63, 3.8) is 0 Å². The Balaban J connectivity index is 0.000000757. The number of carboxylic acid groups (broad SMARTS) is 1. The van der Waals surface area contributed by atoms with Crippen LogP contribution in [0, 0.1) is 57.7 Å². The van der Waals surface area contributed by atoms with Crippen LogP contribution in [0.4, 0.5) is 8.78 Å². The third kappa shape index (κ3) is 36.8. The molecule has 0 radical (unpaired) electrons. The molecule has 131 heavy (non-hydrogen) atoms. The summed E-state index contributed by atoms with van der Waals surface area (Å²) in [6, 6.07) is 57.4. The second-order valence-electron chi connectivity index (χ2n) is 24.6. The van der Waals surface area contributed by atoms with Crippen molar-refractivity contribution in [3.05, 3.63) is 298 Å². The summed E-state index contributed by atoms with van der Waals surface area (Å²) in [7, 11) is 20.3. The molecule has 0 atom stereocenters. The normalized spacial score (nSPS) is 9.85. The molecule has 680 valence electrons. The Kier molecular flexibility index (Phi) is 58.8. The number of nitrogens with one attached hydrogen (secondary N) is 1. The van der Waals surface area contributed by atoms with Gasteiger partial charge in [-0.1, -0.05) is 5.16 Å². The molecule has 13 aromatic rings. The van der Waals surface area contributed by atoms with Crippen LogP contribution in [0.1, 0.15) is 98.3 Å². The molecular formula is C89H85BrClF2KMgN6O19P2S9. The quantitative estimate of drug-likeness (QED) is 0.00514. The van der Waals surface area contributed by atoms with Crippen molar-refractivity contribution in [2.45, 2.75) is 41.5 Å². The second kappa shape index (κ2) is 64.1. The maximum Gasteiger partial charge on any atom is 2.00 e. The van der Waals surface area contributed by atoms with E-state index < -0.39 is 23.2 Å². The van der Waals surface area contributed by atoms with E-state index in [0.717, 1.165) is 78.2 Å². The third-order valence-corrected chi connectivity index (χ3v) is 30.9. The molecule has 13 rings (SSSR count). The van der Waals surface area contributed by atoms with E-state index in [9.17, 15) is 42.7 Å². The summed E-state index contributed by atoms with van der Waals surface area (Å²) in [6.45, 7) is 16.2. The Morgan fingerprint density at radius 1 is 0.481 bits per heavy atom. The van der Waals surface area contributed by atoms with Crippen LogP contribution in [0.15, 0.2) is 217 Å². The van der Waals surface area contributed by atoms with Crippen molar-refractivity contribution in [2.24, 2.45) is 0 Å². The summed E-state index contributed by atoms with van der Waals surface area (Å²) in [5, 5.41) is 30.0. The van der Waals surface area contributed by atoms with Gasteiger partial charge in [-0.05, 0) is 342 Å². The molecule has 0 spiro atoms. The first kappa shape index (κ1) is 120. The first-order valence-electron chi connectivity index (χ1n) is 36.4. The van der Waals surface area contributed by atoms with Gasteiger partial charge in [0.2, 0.25) is 0 Å². The minimum absolute atomic E-state index is 0. The number of carboxylic acids is 1. The zero-order valence-electron chi connectivity index (χ0n) is 73.3. The number of aliphatic hydroxyl groups excluding tert-OH is 1. The molecule has 0 fully saturated rings. The molecule has 8 aromatic carbocycles. The molecule has 5 heterocycles. The van der Waals surface area contributed by atoms with Gasteiger partial charge in [-0.25, -0.2) is 28.0 Å². The van der Waals surface area contributed by atoms with Gasteiger partial charge in [0.15, 0.2) is 11.5 Å². The molecule has 0 amide bonds. The van der Waals surface area contributed by atoms with E-state index in [0.29, 0.717) is 78.2 Å². The van der Waals surface area contributed by atoms with E-state index in [4.69, 9.17) is 64.5 Å².